The van der Waals surface area contributed by atoms with Gasteiger partial charge in [0.1, 0.15) is 18.2 Å². The highest BCUT2D eigenvalue weighted by Crippen LogP contribution is 2.43. The van der Waals surface area contributed by atoms with Gasteiger partial charge in [0.25, 0.3) is 5.91 Å². The molecule has 1 saturated carbocycles. The number of pyridine rings is 1. The van der Waals surface area contributed by atoms with E-state index in [1.54, 1.807) is 6.07 Å². The lowest BCUT2D eigenvalue weighted by atomic mass is 10.1. The van der Waals surface area contributed by atoms with Gasteiger partial charge in [0, 0.05) is 23.2 Å². The predicted octanol–water partition coefficient (Wildman–Crippen LogP) is 7.62. The third-order valence-corrected chi connectivity index (χ3v) is 7.59. The van der Waals surface area contributed by atoms with Crippen molar-refractivity contribution in [2.45, 2.75) is 53.1 Å². The van der Waals surface area contributed by atoms with Crippen LogP contribution in [0.4, 0.5) is 5.82 Å². The first-order chi connectivity index (χ1) is 18.0. The fourth-order valence-electron chi connectivity index (χ4n) is 4.11. The Kier molecular flexibility index (Phi) is 9.29. The molecule has 6 heteroatoms. The molecule has 194 valence electrons. The number of ether oxygens (including phenoxy) is 1. The molecule has 0 radical (unpaired) electrons. The molecule has 4 rings (SSSR count). The van der Waals surface area contributed by atoms with E-state index in [2.05, 4.69) is 42.3 Å². The van der Waals surface area contributed by atoms with Gasteiger partial charge in [-0.25, -0.2) is 4.98 Å². The Balaban J connectivity index is 1.52. The van der Waals surface area contributed by atoms with E-state index in [1.807, 2.05) is 55.9 Å². The number of amides is 1. The van der Waals surface area contributed by atoms with E-state index >= 15 is 0 Å². The number of unbranched alkanes of at least 4 members (excludes halogenated alkanes) is 1. The molecule has 1 aliphatic carbocycles. The molecule has 0 aliphatic heterocycles. The number of nitrogens with one attached hydrogen (secondary N) is 2. The molecule has 2 N–H and O–H groups in total. The second kappa shape index (κ2) is 12.8. The minimum Gasteiger partial charge on any atom is -0.487 e. The van der Waals surface area contributed by atoms with Crippen molar-refractivity contribution in [1.29, 1.82) is 0 Å². The Bertz CT molecular complexity index is 1300. The summed E-state index contributed by atoms with van der Waals surface area (Å²) in [4.78, 5) is 18.7. The van der Waals surface area contributed by atoms with E-state index in [0.29, 0.717) is 30.4 Å². The molecule has 0 bridgehead atoms. The number of hydrogen-bond acceptors (Lipinski definition) is 5. The summed E-state index contributed by atoms with van der Waals surface area (Å²) in [5, 5.41) is 8.45. The Morgan fingerprint density at radius 3 is 2.76 bits per heavy atom. The first-order valence-corrected chi connectivity index (χ1v) is 14.2. The summed E-state index contributed by atoms with van der Waals surface area (Å²) in [6, 6.07) is 15.8. The monoisotopic (exact) mass is 515 g/mol. The second-order valence-corrected chi connectivity index (χ2v) is 10.6. The van der Waals surface area contributed by atoms with Crippen molar-refractivity contribution in [3.63, 3.8) is 0 Å². The lowest BCUT2D eigenvalue weighted by Crippen LogP contribution is -2.23. The number of aryl methyl sites for hydroxylation is 1. The van der Waals surface area contributed by atoms with Crippen molar-refractivity contribution < 1.29 is 9.53 Å². The van der Waals surface area contributed by atoms with Crippen LogP contribution in [0.15, 0.2) is 71.8 Å². The molecular weight excluding hydrogens is 478 g/mol. The van der Waals surface area contributed by atoms with Gasteiger partial charge in [0.2, 0.25) is 0 Å². The Hall–Kier alpha value is -3.25. The quantitative estimate of drug-likeness (QED) is 0.181. The van der Waals surface area contributed by atoms with Crippen LogP contribution < -0.4 is 15.4 Å². The minimum atomic E-state index is -0.0919. The molecule has 1 heterocycles. The van der Waals surface area contributed by atoms with Crippen LogP contribution in [0, 0.1) is 12.8 Å². The van der Waals surface area contributed by atoms with E-state index in [4.69, 9.17) is 9.72 Å². The number of anilines is 1. The maximum Gasteiger partial charge on any atom is 0.251 e. The Labute approximate surface area is 224 Å². The average molecular weight is 516 g/mol. The summed E-state index contributed by atoms with van der Waals surface area (Å²) < 4.78 is 6.08. The average Bonchev–Trinajstić information content (AvgIpc) is 3.73. The van der Waals surface area contributed by atoms with Gasteiger partial charge in [-0.2, -0.15) is 0 Å². The summed E-state index contributed by atoms with van der Waals surface area (Å²) >= 11 is 1.97. The third kappa shape index (κ3) is 7.39. The van der Waals surface area contributed by atoms with Crippen LogP contribution in [0.5, 0.6) is 5.75 Å². The molecule has 0 unspecified atom stereocenters. The van der Waals surface area contributed by atoms with Crippen LogP contribution in [0.3, 0.4) is 0 Å². The number of thioether (sulfide) groups is 1. The second-order valence-electron chi connectivity index (χ2n) is 9.48. The molecule has 37 heavy (non-hydrogen) atoms. The van der Waals surface area contributed by atoms with Gasteiger partial charge in [0.15, 0.2) is 0 Å². The SMILES string of the molecule is C=C(/C=C(\SCCCC)C1CC1)Nc1nc(COc2ccc(C)c(C(=O)NCC)c2)cc2ccccc12. The van der Waals surface area contributed by atoms with Crippen LogP contribution in [0.1, 0.15) is 61.1 Å². The Morgan fingerprint density at radius 1 is 1.19 bits per heavy atom. The summed E-state index contributed by atoms with van der Waals surface area (Å²) in [5.74, 6) is 3.16. The number of nitrogens with zero attached hydrogens (tertiary/aromatic N) is 1. The van der Waals surface area contributed by atoms with E-state index in [-0.39, 0.29) is 5.91 Å². The van der Waals surface area contributed by atoms with Gasteiger partial charge in [-0.15, -0.1) is 11.8 Å². The number of fused-ring (bicyclic) bond motifs is 1. The van der Waals surface area contributed by atoms with Crippen LogP contribution in [-0.4, -0.2) is 23.2 Å². The van der Waals surface area contributed by atoms with Crippen LogP contribution in [0.2, 0.25) is 0 Å². The lowest BCUT2D eigenvalue weighted by Gasteiger charge is -2.14. The maximum atomic E-state index is 12.4. The number of hydrogen-bond donors (Lipinski definition) is 2. The molecule has 1 fully saturated rings. The molecule has 3 aromatic rings. The molecule has 0 atom stereocenters. The predicted molar refractivity (Wildman–Crippen MR) is 156 cm³/mol. The van der Waals surface area contributed by atoms with Gasteiger partial charge in [-0.1, -0.05) is 50.3 Å². The number of carbonyl (C=O) groups is 1. The number of benzene rings is 2. The minimum absolute atomic E-state index is 0.0919. The first kappa shape index (κ1) is 26.8. The highest BCUT2D eigenvalue weighted by atomic mass is 32.2. The van der Waals surface area contributed by atoms with Crippen LogP contribution >= 0.6 is 11.8 Å². The van der Waals surface area contributed by atoms with Gasteiger partial charge in [-0.05, 0) is 84.9 Å². The van der Waals surface area contributed by atoms with Gasteiger partial charge < -0.3 is 15.4 Å². The zero-order valence-electron chi connectivity index (χ0n) is 22.1. The number of rotatable bonds is 13. The molecule has 0 saturated heterocycles. The largest absolute Gasteiger partial charge is 0.487 e. The van der Waals surface area contributed by atoms with E-state index in [0.717, 1.165) is 39.3 Å². The molecule has 2 aromatic carbocycles. The van der Waals surface area contributed by atoms with Crippen LogP contribution in [0.25, 0.3) is 10.8 Å². The van der Waals surface area contributed by atoms with Gasteiger partial charge >= 0.3 is 0 Å². The zero-order valence-corrected chi connectivity index (χ0v) is 22.9. The van der Waals surface area contributed by atoms with Crippen molar-refractivity contribution in [3.8, 4) is 5.75 Å². The Morgan fingerprint density at radius 2 is 2.00 bits per heavy atom. The smallest absolute Gasteiger partial charge is 0.251 e. The van der Waals surface area contributed by atoms with Gasteiger partial charge in [-0.3, -0.25) is 4.79 Å². The zero-order chi connectivity index (χ0) is 26.2. The normalized spacial score (nSPS) is 13.4. The van der Waals surface area contributed by atoms with E-state index in [9.17, 15) is 4.79 Å². The highest BCUT2D eigenvalue weighted by molar-refractivity contribution is 8.03. The number of carbonyl (C=O) groups excluding carboxylic acids is 1. The molecule has 1 aromatic heterocycles. The fraction of sp³-hybridized carbons (Fsp3) is 0.355. The van der Waals surface area contributed by atoms with Crippen molar-refractivity contribution in [3.05, 3.63) is 88.6 Å². The molecule has 5 nitrogen and oxygen atoms in total. The highest BCUT2D eigenvalue weighted by Gasteiger charge is 2.26. The summed E-state index contributed by atoms with van der Waals surface area (Å²) in [6.45, 7) is 11.2. The van der Waals surface area contributed by atoms with Crippen molar-refractivity contribution in [2.24, 2.45) is 5.92 Å². The summed E-state index contributed by atoms with van der Waals surface area (Å²) in [6.07, 6.45) is 7.19. The molecule has 0 spiro atoms. The van der Waals surface area contributed by atoms with Gasteiger partial charge in [0.05, 0.1) is 5.69 Å². The third-order valence-electron chi connectivity index (χ3n) is 6.31. The van der Waals surface area contributed by atoms with E-state index in [1.165, 1.54) is 30.6 Å². The topological polar surface area (TPSA) is 63.3 Å². The first-order valence-electron chi connectivity index (χ1n) is 13.2. The van der Waals surface area contributed by atoms with Crippen molar-refractivity contribution >= 4 is 34.3 Å². The molecule has 1 amide bonds. The number of aromatic nitrogens is 1. The van der Waals surface area contributed by atoms with Crippen LogP contribution in [-0.2, 0) is 6.61 Å². The molecule has 1 aliphatic rings. The van der Waals surface area contributed by atoms with E-state index < -0.39 is 0 Å². The summed E-state index contributed by atoms with van der Waals surface area (Å²) in [7, 11) is 0. The molecular formula is C31H37N3O2S. The standard InChI is InChI=1S/C31H37N3O2S/c1-5-7-16-37-29(23-13-14-23)17-22(4)33-30-27-11-9-8-10-24(27)18-25(34-30)20-36-26-15-12-21(3)28(19-26)31(35)32-6-2/h8-12,15,17-19,23H,4-7,13-14,16,20H2,1-3H3,(H,32,35)(H,33,34)/b29-17-. The van der Waals surface area contributed by atoms with Crippen molar-refractivity contribution in [1.82, 2.24) is 10.3 Å². The number of allylic oxidation sites excluding steroid dienone is 2. The lowest BCUT2D eigenvalue weighted by molar-refractivity contribution is 0.0954. The fourth-order valence-corrected chi connectivity index (χ4v) is 5.48. The van der Waals surface area contributed by atoms with Crippen molar-refractivity contribution in [2.75, 3.05) is 17.6 Å². The maximum absolute atomic E-state index is 12.4. The summed E-state index contributed by atoms with van der Waals surface area (Å²) in [5.41, 5.74) is 3.20.